The molecular weight excluding hydrogens is 957 g/mol. The molecule has 10 rings (SSSR count). The zero-order chi connectivity index (χ0) is 59.4. The van der Waals surface area contributed by atoms with Crippen LogP contribution in [-0.4, -0.2) is 42.3 Å². The molecule has 7 fully saturated rings. The molecular formula is C68H124N10. The minimum atomic E-state index is 0.452. The summed E-state index contributed by atoms with van der Waals surface area (Å²) in [5.41, 5.74) is 64.8. The topological polar surface area (TPSA) is 260 Å². The predicted molar refractivity (Wildman–Crippen MR) is 343 cm³/mol. The highest BCUT2D eigenvalue weighted by molar-refractivity contribution is 5.43. The molecule has 0 heterocycles. The normalized spacial score (nSPS) is 32.0. The van der Waals surface area contributed by atoms with Crippen molar-refractivity contribution in [1.29, 1.82) is 0 Å². The van der Waals surface area contributed by atoms with Crippen LogP contribution in [0.25, 0.3) is 0 Å². The Bertz CT molecular complexity index is 1700. The Kier molecular flexibility index (Phi) is 30.9. The molecule has 20 N–H and O–H groups in total. The molecule has 3 aromatic rings. The molecule has 0 bridgehead atoms. The number of nitrogen functional groups attached to an aromatic ring is 3. The fourth-order valence-corrected chi connectivity index (χ4v) is 13.8. The molecule has 0 unspecified atom stereocenters. The number of hydrogen-bond donors (Lipinski definition) is 10. The second-order valence-electron chi connectivity index (χ2n) is 25.8. The summed E-state index contributed by atoms with van der Waals surface area (Å²) in [6, 6.07) is 27.6. The van der Waals surface area contributed by atoms with Crippen molar-refractivity contribution in [1.82, 2.24) is 0 Å². The summed E-state index contributed by atoms with van der Waals surface area (Å²) < 4.78 is 15.8. The smallest absolute Gasteiger partial charge is 0.0314 e. The molecule has 0 saturated heterocycles. The van der Waals surface area contributed by atoms with E-state index in [1.54, 1.807) is 0 Å². The van der Waals surface area contributed by atoms with E-state index in [9.17, 15) is 0 Å². The van der Waals surface area contributed by atoms with Crippen molar-refractivity contribution >= 4 is 17.1 Å². The third kappa shape index (κ3) is 27.5. The van der Waals surface area contributed by atoms with Crippen LogP contribution in [0.4, 0.5) is 17.1 Å². The minimum absolute atomic E-state index is 0.452. The highest BCUT2D eigenvalue weighted by Crippen LogP contribution is 2.37. The number of anilines is 3. The molecule has 0 amide bonds. The van der Waals surface area contributed by atoms with Gasteiger partial charge in [-0.3, -0.25) is 0 Å². The van der Waals surface area contributed by atoms with Gasteiger partial charge in [-0.2, -0.15) is 0 Å². The van der Waals surface area contributed by atoms with Crippen LogP contribution in [-0.2, 0) is 12.8 Å². The monoisotopic (exact) mass is 1090 g/mol. The van der Waals surface area contributed by atoms with Gasteiger partial charge < -0.3 is 57.3 Å². The summed E-state index contributed by atoms with van der Waals surface area (Å²) in [5.74, 6) is 6.68. The Hall–Kier alpha value is -3.22. The zero-order valence-corrected chi connectivity index (χ0v) is 50.1. The third-order valence-electron chi connectivity index (χ3n) is 19.1. The maximum absolute atomic E-state index is 5.93. The SMILES string of the molecule is CC.NC1CCC(CC2CCC(N)CC2)CC1.NC1CCC(CC2CCC(N)CC2)CC1.NC1CCC(CC2CCC(N)CC2)CC1.Nc1ccc(CC2CCC(N)CC2)cc1.Nc1ccc(Cc2ccc(N)cc2)cc1.[3H]C.[3H][3H]. The lowest BCUT2D eigenvalue weighted by molar-refractivity contribution is 0.225. The van der Waals surface area contributed by atoms with E-state index in [-0.39, 0.29) is 0 Å². The van der Waals surface area contributed by atoms with Crippen LogP contribution in [0.2, 0.25) is 0 Å². The first kappa shape index (κ1) is 64.0. The van der Waals surface area contributed by atoms with Crippen molar-refractivity contribution in [2.75, 3.05) is 17.2 Å². The molecule has 3 aromatic carbocycles. The van der Waals surface area contributed by atoms with Crippen LogP contribution in [0.3, 0.4) is 0 Å². The molecule has 0 aromatic heterocycles. The van der Waals surface area contributed by atoms with Crippen LogP contribution < -0.4 is 57.3 Å². The number of benzene rings is 3. The van der Waals surface area contributed by atoms with Gasteiger partial charge in [0.25, 0.3) is 0 Å². The average molecular weight is 1090 g/mol. The Balaban J connectivity index is 0.000000259. The van der Waals surface area contributed by atoms with Crippen molar-refractivity contribution < 1.29 is 4.34 Å². The van der Waals surface area contributed by atoms with E-state index in [0.29, 0.717) is 42.3 Å². The van der Waals surface area contributed by atoms with E-state index in [1.165, 1.54) is 230 Å². The molecule has 10 heteroatoms. The van der Waals surface area contributed by atoms with E-state index in [0.717, 1.165) is 64.9 Å². The highest BCUT2D eigenvalue weighted by Gasteiger charge is 2.28. The average Bonchev–Trinajstić information content (AvgIpc) is 3.49. The van der Waals surface area contributed by atoms with Crippen molar-refractivity contribution in [3.05, 3.63) is 89.5 Å². The predicted octanol–water partition coefficient (Wildman–Crippen LogP) is 13.9. The maximum Gasteiger partial charge on any atom is 0.0314 e. The Labute approximate surface area is 483 Å². The summed E-state index contributed by atoms with van der Waals surface area (Å²) in [6.45, 7) is 4.00. The molecule has 7 saturated carbocycles. The third-order valence-corrected chi connectivity index (χ3v) is 19.1. The summed E-state index contributed by atoms with van der Waals surface area (Å²) in [7, 11) is 1.25. The molecule has 0 spiro atoms. The van der Waals surface area contributed by atoms with Gasteiger partial charge in [0.15, 0.2) is 0 Å². The fourth-order valence-electron chi connectivity index (χ4n) is 13.8. The molecule has 10 nitrogen and oxygen atoms in total. The quantitative estimate of drug-likeness (QED) is 0.0859. The van der Waals surface area contributed by atoms with Crippen LogP contribution in [0.1, 0.15) is 241 Å². The second-order valence-corrected chi connectivity index (χ2v) is 25.8. The van der Waals surface area contributed by atoms with Crippen LogP contribution in [0.5, 0.6) is 0 Å². The van der Waals surface area contributed by atoms with Gasteiger partial charge in [-0.25, -0.2) is 0 Å². The zero-order valence-electron chi connectivity index (χ0n) is 53.1. The van der Waals surface area contributed by atoms with Crippen molar-refractivity contribution in [2.24, 2.45) is 81.6 Å². The van der Waals surface area contributed by atoms with Crippen LogP contribution in [0.15, 0.2) is 72.8 Å². The molecule has 78 heavy (non-hydrogen) atoms. The standard InChI is InChI=1S/3C13H26N2.C13H20N2.C13H14N2.C2H6.CH4.H2/c5*14-12-5-1-10(2-6-12)9-11-3-7-13(15)8-4-11;1-2;;/h3*10-13H,1-9,14-15H2;1-2,5-6,11,13H,3-4,7-9,14-15H2;1-8H,9,14-15H2;1-2H3;1H4;1H/i;;;;;;1T;1+2T. The minimum Gasteiger partial charge on any atom is -0.399 e. The first-order valence-electron chi connectivity index (χ1n) is 34.0. The van der Waals surface area contributed by atoms with Gasteiger partial charge in [0.2, 0.25) is 0 Å². The number of hydrogen-bond acceptors (Lipinski definition) is 10. The van der Waals surface area contributed by atoms with Gasteiger partial charge in [0, 0.05) is 63.7 Å². The van der Waals surface area contributed by atoms with Crippen molar-refractivity contribution in [3.8, 4) is 0 Å². The Morgan fingerprint density at radius 2 is 0.474 bits per heavy atom. The molecule has 7 aliphatic rings. The van der Waals surface area contributed by atoms with Crippen LogP contribution >= 0.6 is 0 Å². The summed E-state index contributed by atoms with van der Waals surface area (Å²) in [5, 5.41) is 0. The van der Waals surface area contributed by atoms with Gasteiger partial charge in [-0.05, 0) is 306 Å². The molecule has 0 radical (unpaired) electrons. The molecule has 446 valence electrons. The summed E-state index contributed by atoms with van der Waals surface area (Å²) >= 11 is 0. The van der Waals surface area contributed by atoms with Gasteiger partial charge in [0.05, 0.1) is 0 Å². The first-order valence-corrected chi connectivity index (χ1v) is 32.0. The molecule has 0 atom stereocenters. The van der Waals surface area contributed by atoms with Gasteiger partial charge >= 0.3 is 0 Å². The van der Waals surface area contributed by atoms with Gasteiger partial charge in [-0.1, -0.05) is 57.6 Å². The maximum atomic E-state index is 5.93. The number of nitrogens with two attached hydrogens (primary N) is 10. The fraction of sp³-hybridized carbons (Fsp3) is 0.735. The summed E-state index contributed by atoms with van der Waals surface area (Å²) in [6.07, 6.45) is 43.1. The summed E-state index contributed by atoms with van der Waals surface area (Å²) in [4.78, 5) is 0. The van der Waals surface area contributed by atoms with Gasteiger partial charge in [-0.15, -0.1) is 0 Å². The largest absolute Gasteiger partial charge is 0.399 e. The van der Waals surface area contributed by atoms with E-state index >= 15 is 0 Å². The van der Waals surface area contributed by atoms with Crippen molar-refractivity contribution in [2.45, 2.75) is 275 Å². The van der Waals surface area contributed by atoms with E-state index in [4.69, 9.17) is 61.7 Å². The van der Waals surface area contributed by atoms with Crippen LogP contribution in [0, 0.1) is 41.4 Å². The van der Waals surface area contributed by atoms with Crippen molar-refractivity contribution in [3.63, 3.8) is 0 Å². The lowest BCUT2D eigenvalue weighted by Gasteiger charge is -2.32. The van der Waals surface area contributed by atoms with E-state index < -0.39 is 0 Å². The Morgan fingerprint density at radius 3 is 0.667 bits per heavy atom. The van der Waals surface area contributed by atoms with E-state index in [2.05, 4.69) is 12.1 Å². The molecule has 0 aliphatic heterocycles. The highest BCUT2D eigenvalue weighted by atomic mass is 14.7. The van der Waals surface area contributed by atoms with E-state index in [1.807, 2.05) is 74.5 Å². The Morgan fingerprint density at radius 1 is 0.308 bits per heavy atom. The lowest BCUT2D eigenvalue weighted by Crippen LogP contribution is -2.30. The number of rotatable bonds is 10. The second kappa shape index (κ2) is 37.7. The lowest BCUT2D eigenvalue weighted by atomic mass is 9.76. The molecule has 7 aliphatic carbocycles. The first-order chi connectivity index (χ1) is 39.2. The van der Waals surface area contributed by atoms with Gasteiger partial charge in [0.1, 0.15) is 0 Å².